The van der Waals surface area contributed by atoms with Crippen LogP contribution in [0.3, 0.4) is 0 Å². The van der Waals surface area contributed by atoms with E-state index < -0.39 is 11.9 Å². The van der Waals surface area contributed by atoms with Crippen molar-refractivity contribution in [3.8, 4) is 0 Å². The molecule has 0 unspecified atom stereocenters. The summed E-state index contributed by atoms with van der Waals surface area (Å²) in [4.78, 5) is 34.7. The second-order valence-electron chi connectivity index (χ2n) is 3.13. The van der Waals surface area contributed by atoms with E-state index in [4.69, 9.17) is 0 Å². The molecule has 0 aromatic rings. The van der Waals surface area contributed by atoms with Crippen LogP contribution in [-0.4, -0.2) is 24.3 Å². The monoisotopic (exact) mass is 365 g/mol. The number of hydrogen-bond donors (Lipinski definition) is 1. The summed E-state index contributed by atoms with van der Waals surface area (Å²) in [6.07, 6.45) is -0.777. The standard InChI is InChI=1S/C10H9Br2NO4/c1-3-17-10(16)13-7-6(12)8(14)4(2)5(11)9(7)15/h3H2,1-2H3,(H,13,16). The number of hydrogen-bond acceptors (Lipinski definition) is 4. The number of nitrogens with one attached hydrogen (secondary N) is 1. The lowest BCUT2D eigenvalue weighted by atomic mass is 10.0. The number of ketones is 2. The average Bonchev–Trinajstić information content (AvgIpc) is 2.30. The van der Waals surface area contributed by atoms with Gasteiger partial charge in [-0.1, -0.05) is 0 Å². The van der Waals surface area contributed by atoms with Gasteiger partial charge in [0.15, 0.2) is 5.78 Å². The van der Waals surface area contributed by atoms with E-state index in [0.717, 1.165) is 0 Å². The fraction of sp³-hybridized carbons (Fsp3) is 0.300. The zero-order valence-electron chi connectivity index (χ0n) is 9.10. The second-order valence-corrected chi connectivity index (χ2v) is 4.72. The van der Waals surface area contributed by atoms with Gasteiger partial charge in [-0.05, 0) is 45.7 Å². The highest BCUT2D eigenvalue weighted by Crippen LogP contribution is 2.29. The van der Waals surface area contributed by atoms with Crippen LogP contribution >= 0.6 is 31.9 Å². The maximum absolute atomic E-state index is 11.8. The number of alkyl carbamates (subject to hydrolysis) is 1. The van der Waals surface area contributed by atoms with Crippen LogP contribution in [0.5, 0.6) is 0 Å². The summed E-state index contributed by atoms with van der Waals surface area (Å²) in [5.74, 6) is -0.828. The third-order valence-electron chi connectivity index (χ3n) is 2.02. The number of Topliss-reactive ketones (excluding diaryl/α,β-unsaturated/α-hetero) is 2. The molecule has 0 heterocycles. The Hall–Kier alpha value is -0.950. The van der Waals surface area contributed by atoms with Crippen LogP contribution in [0.1, 0.15) is 13.8 Å². The Morgan fingerprint density at radius 2 is 1.82 bits per heavy atom. The minimum absolute atomic E-state index is 0.0243. The van der Waals surface area contributed by atoms with Crippen LogP contribution in [-0.2, 0) is 14.3 Å². The summed E-state index contributed by atoms with van der Waals surface area (Å²) >= 11 is 6.01. The fourth-order valence-corrected chi connectivity index (χ4v) is 2.09. The predicted molar refractivity (Wildman–Crippen MR) is 67.8 cm³/mol. The molecule has 0 fully saturated rings. The third-order valence-corrected chi connectivity index (χ3v) is 3.73. The van der Waals surface area contributed by atoms with Gasteiger partial charge in [0.05, 0.1) is 15.6 Å². The molecule has 7 heteroatoms. The molecule has 1 rings (SSSR count). The topological polar surface area (TPSA) is 72.5 Å². The van der Waals surface area contributed by atoms with Gasteiger partial charge in [0.25, 0.3) is 0 Å². The van der Waals surface area contributed by atoms with E-state index in [1.807, 2.05) is 0 Å². The Morgan fingerprint density at radius 3 is 2.35 bits per heavy atom. The molecule has 5 nitrogen and oxygen atoms in total. The van der Waals surface area contributed by atoms with Crippen molar-refractivity contribution in [3.63, 3.8) is 0 Å². The Balaban J connectivity index is 3.03. The van der Waals surface area contributed by atoms with Crippen LogP contribution in [0.15, 0.2) is 20.2 Å². The van der Waals surface area contributed by atoms with E-state index in [1.54, 1.807) is 6.92 Å². The Labute approximate surface area is 115 Å². The number of carbonyl (C=O) groups excluding carboxylic acids is 3. The number of allylic oxidation sites excluding steroid dienone is 3. The van der Waals surface area contributed by atoms with Crippen molar-refractivity contribution < 1.29 is 19.1 Å². The molecule has 0 aliphatic heterocycles. The zero-order valence-corrected chi connectivity index (χ0v) is 12.3. The molecule has 1 aliphatic carbocycles. The lowest BCUT2D eigenvalue weighted by Crippen LogP contribution is -2.32. The number of halogens is 2. The largest absolute Gasteiger partial charge is 0.450 e. The van der Waals surface area contributed by atoms with E-state index >= 15 is 0 Å². The van der Waals surface area contributed by atoms with Crippen LogP contribution in [0.25, 0.3) is 0 Å². The molecule has 0 bridgehead atoms. The Bertz CT molecular complexity index is 465. The summed E-state index contributed by atoms with van der Waals surface area (Å²) in [5, 5.41) is 2.24. The molecular weight excluding hydrogens is 358 g/mol. The zero-order chi connectivity index (χ0) is 13.2. The van der Waals surface area contributed by atoms with E-state index in [0.29, 0.717) is 0 Å². The van der Waals surface area contributed by atoms with Gasteiger partial charge in [0.1, 0.15) is 5.70 Å². The molecule has 92 valence electrons. The van der Waals surface area contributed by atoms with Crippen molar-refractivity contribution in [2.24, 2.45) is 0 Å². The highest BCUT2D eigenvalue weighted by atomic mass is 79.9. The Morgan fingerprint density at radius 1 is 1.24 bits per heavy atom. The molecule has 0 aromatic carbocycles. The summed E-state index contributed by atoms with van der Waals surface area (Å²) in [6, 6.07) is 0. The third kappa shape index (κ3) is 2.84. The number of carbonyl (C=O) groups is 3. The van der Waals surface area contributed by atoms with Crippen molar-refractivity contribution in [3.05, 3.63) is 20.2 Å². The fourth-order valence-electron chi connectivity index (χ4n) is 1.14. The first-order valence-electron chi connectivity index (χ1n) is 4.69. The molecule has 0 spiro atoms. The van der Waals surface area contributed by atoms with Crippen molar-refractivity contribution in [1.29, 1.82) is 0 Å². The van der Waals surface area contributed by atoms with Crippen LogP contribution < -0.4 is 5.32 Å². The maximum atomic E-state index is 11.8. The summed E-state index contributed by atoms with van der Waals surface area (Å²) in [6.45, 7) is 3.33. The minimum atomic E-state index is -0.777. The molecule has 1 aliphatic rings. The molecule has 1 amide bonds. The van der Waals surface area contributed by atoms with Crippen LogP contribution in [0.4, 0.5) is 4.79 Å². The molecule has 0 radical (unpaired) electrons. The average molecular weight is 367 g/mol. The molecule has 17 heavy (non-hydrogen) atoms. The normalized spacial score (nSPS) is 16.5. The highest BCUT2D eigenvalue weighted by Gasteiger charge is 2.31. The van der Waals surface area contributed by atoms with Crippen LogP contribution in [0, 0.1) is 0 Å². The van der Waals surface area contributed by atoms with Gasteiger partial charge in [0.2, 0.25) is 5.78 Å². The first-order valence-corrected chi connectivity index (χ1v) is 6.28. The predicted octanol–water partition coefficient (Wildman–Crippen LogP) is 2.16. The number of ether oxygens (including phenoxy) is 1. The molecule has 0 aromatic heterocycles. The quantitative estimate of drug-likeness (QED) is 0.760. The van der Waals surface area contributed by atoms with Crippen molar-refractivity contribution in [2.45, 2.75) is 13.8 Å². The number of rotatable bonds is 2. The molecule has 0 saturated heterocycles. The lowest BCUT2D eigenvalue weighted by molar-refractivity contribution is -0.115. The first kappa shape index (κ1) is 14.1. The Kier molecular flexibility index (Phi) is 4.64. The van der Waals surface area contributed by atoms with E-state index in [1.165, 1.54) is 6.92 Å². The maximum Gasteiger partial charge on any atom is 0.411 e. The molecule has 0 atom stereocenters. The summed E-state index contributed by atoms with van der Waals surface area (Å²) in [7, 11) is 0. The van der Waals surface area contributed by atoms with Crippen molar-refractivity contribution in [2.75, 3.05) is 6.61 Å². The minimum Gasteiger partial charge on any atom is -0.450 e. The van der Waals surface area contributed by atoms with Gasteiger partial charge in [-0.15, -0.1) is 0 Å². The SMILES string of the molecule is CCOC(=O)NC1=C(Br)C(=O)C(C)=C(Br)C1=O. The van der Waals surface area contributed by atoms with Gasteiger partial charge in [-0.25, -0.2) is 4.79 Å². The van der Waals surface area contributed by atoms with E-state index in [-0.39, 0.29) is 32.6 Å². The van der Waals surface area contributed by atoms with Gasteiger partial charge in [-0.3, -0.25) is 14.9 Å². The van der Waals surface area contributed by atoms with Gasteiger partial charge < -0.3 is 4.74 Å². The molecular formula is C10H9Br2NO4. The molecule has 1 N–H and O–H groups in total. The summed E-state index contributed by atoms with van der Waals surface area (Å²) in [5.41, 5.74) is 0.169. The summed E-state index contributed by atoms with van der Waals surface area (Å²) < 4.78 is 4.80. The van der Waals surface area contributed by atoms with Gasteiger partial charge in [-0.2, -0.15) is 0 Å². The van der Waals surface area contributed by atoms with Crippen molar-refractivity contribution >= 4 is 49.5 Å². The van der Waals surface area contributed by atoms with Crippen molar-refractivity contribution in [1.82, 2.24) is 5.32 Å². The second kappa shape index (κ2) is 5.59. The van der Waals surface area contributed by atoms with Crippen LogP contribution in [0.2, 0.25) is 0 Å². The van der Waals surface area contributed by atoms with Gasteiger partial charge >= 0.3 is 6.09 Å². The number of amides is 1. The molecule has 0 saturated carbocycles. The highest BCUT2D eigenvalue weighted by molar-refractivity contribution is 9.12. The van der Waals surface area contributed by atoms with E-state index in [9.17, 15) is 14.4 Å². The van der Waals surface area contributed by atoms with Gasteiger partial charge in [0, 0.05) is 5.57 Å². The van der Waals surface area contributed by atoms with E-state index in [2.05, 4.69) is 41.9 Å². The first-order chi connectivity index (χ1) is 7.90. The smallest absolute Gasteiger partial charge is 0.411 e. The lowest BCUT2D eigenvalue weighted by Gasteiger charge is -2.16.